The van der Waals surface area contributed by atoms with Crippen molar-refractivity contribution in [3.63, 3.8) is 0 Å². The van der Waals surface area contributed by atoms with Crippen LogP contribution in [0.4, 0.5) is 0 Å². The molecule has 5 heterocycles. The molecule has 0 radical (unpaired) electrons. The number of benzene rings is 3. The van der Waals surface area contributed by atoms with Gasteiger partial charge >= 0.3 is 0 Å². The van der Waals surface area contributed by atoms with Gasteiger partial charge in [0.05, 0.1) is 58.6 Å². The van der Waals surface area contributed by atoms with Crippen LogP contribution in [0.3, 0.4) is 0 Å². The summed E-state index contributed by atoms with van der Waals surface area (Å²) in [6, 6.07) is 17.3. The zero-order valence-corrected chi connectivity index (χ0v) is 61.2. The number of thiophene rings is 2. The fourth-order valence-electron chi connectivity index (χ4n) is 13.3. The van der Waals surface area contributed by atoms with Gasteiger partial charge in [-0.25, -0.2) is 9.97 Å². The van der Waals surface area contributed by atoms with Crippen molar-refractivity contribution in [3.05, 3.63) is 58.3 Å². The van der Waals surface area contributed by atoms with Gasteiger partial charge in [-0.3, -0.25) is 0 Å². The Labute approximate surface area is 591 Å². The van der Waals surface area contributed by atoms with Crippen LogP contribution >= 0.6 is 22.7 Å². The average Bonchev–Trinajstić information content (AvgIpc) is 1.31. The molecule has 8 rings (SSSR count). The first-order valence-corrected chi connectivity index (χ1v) is 40.0. The van der Waals surface area contributed by atoms with E-state index >= 15 is 0 Å². The number of hydrogen-bond donors (Lipinski definition) is 0. The Balaban J connectivity index is 0.00000729. The van der Waals surface area contributed by atoms with E-state index in [0.717, 1.165) is 162 Å². The number of hydrogen-bond acceptors (Lipinski definition) is 12. The Hall–Kier alpha value is -5.20. The van der Waals surface area contributed by atoms with E-state index in [9.17, 15) is 0 Å². The van der Waals surface area contributed by atoms with Crippen molar-refractivity contribution in [1.29, 1.82) is 0 Å². The molecule has 0 fully saturated rings. The molecule has 96 heavy (non-hydrogen) atoms. The van der Waals surface area contributed by atoms with Crippen LogP contribution in [-0.2, 0) is 0 Å². The minimum Gasteiger partial charge on any atom is -0.490 e. The second-order valence-corrected chi connectivity index (χ2v) is 29.4. The molecule has 0 N–H and O–H groups in total. The van der Waals surface area contributed by atoms with Crippen molar-refractivity contribution in [1.82, 2.24) is 9.97 Å². The third-order valence-electron chi connectivity index (χ3n) is 18.9. The van der Waals surface area contributed by atoms with Gasteiger partial charge in [-0.05, 0) is 75.9 Å². The minimum atomic E-state index is 0. The smallest absolute Gasteiger partial charge is 0.180 e. The number of aromatic nitrogens is 2. The molecule has 0 unspecified atom stereocenters. The van der Waals surface area contributed by atoms with E-state index in [1.807, 2.05) is 0 Å². The van der Waals surface area contributed by atoms with Crippen molar-refractivity contribution >= 4 is 33.7 Å². The molecule has 0 atom stereocenters. The lowest BCUT2D eigenvalue weighted by Crippen LogP contribution is -2.15. The molecule has 3 aromatic heterocycles. The van der Waals surface area contributed by atoms with Crippen LogP contribution in [0.2, 0.25) is 0 Å². The maximum absolute atomic E-state index is 6.91. The Morgan fingerprint density at radius 3 is 0.844 bits per heavy atom. The quantitative estimate of drug-likeness (QED) is 0.0343. The lowest BCUT2D eigenvalue weighted by molar-refractivity contribution is 0.173. The fourth-order valence-corrected chi connectivity index (χ4v) is 15.4. The third-order valence-corrected chi connectivity index (χ3v) is 21.1. The second-order valence-electron chi connectivity index (χ2n) is 26.9. The first-order valence-electron chi connectivity index (χ1n) is 38.4. The Bertz CT molecular complexity index is 2880. The monoisotopic (exact) mass is 1360 g/mol. The van der Waals surface area contributed by atoms with Gasteiger partial charge in [0.25, 0.3) is 0 Å². The molecule has 0 amide bonds. The standard InChI is InChI=1S/C82H122N2O8S2.2CH4/c1-7-11-15-19-23-27-31-35-39-43-53-85-69-51-47-65(61-71(69)87-55-45-41-37-33-29-25-21-17-13-9-3)73-74(66-48-52-70(86-54-44-40-36-32-28-24-20-16-12-8-2)72(62-66)88-56-46-42-38-34-30-26-22-18-14-10-4)84-76-68(82-80-78(64(6)94-82)90-58-60-92-80)50-49-67(75(76)83-73)81-79-77(63(5)93-81)89-57-59-91-79;;/h47-52,61-62H,7-46,53-60H2,1-6H3;2*1H4. The van der Waals surface area contributed by atoms with Gasteiger partial charge < -0.3 is 37.9 Å². The summed E-state index contributed by atoms with van der Waals surface area (Å²) in [5.41, 5.74) is 6.64. The molecule has 0 saturated carbocycles. The molecule has 0 bridgehead atoms. The van der Waals surface area contributed by atoms with Crippen LogP contribution < -0.4 is 37.9 Å². The number of aryl methyl sites for hydroxylation is 2. The van der Waals surface area contributed by atoms with Crippen LogP contribution in [0.1, 0.15) is 309 Å². The van der Waals surface area contributed by atoms with Gasteiger partial charge in [0.2, 0.25) is 0 Å². The Morgan fingerprint density at radius 1 is 0.312 bits per heavy atom. The van der Waals surface area contributed by atoms with E-state index < -0.39 is 0 Å². The van der Waals surface area contributed by atoms with Crippen LogP contribution in [0, 0.1) is 13.8 Å². The predicted octanol–water partition coefficient (Wildman–Crippen LogP) is 27.1. The third kappa shape index (κ3) is 25.5. The highest BCUT2D eigenvalue weighted by atomic mass is 32.1. The summed E-state index contributed by atoms with van der Waals surface area (Å²) in [4.78, 5) is 15.9. The van der Waals surface area contributed by atoms with E-state index in [0.29, 0.717) is 52.9 Å². The zero-order chi connectivity index (χ0) is 65.6. The molecular weight excluding hydrogens is 1230 g/mol. The summed E-state index contributed by atoms with van der Waals surface area (Å²) in [6.45, 7) is 17.9. The van der Waals surface area contributed by atoms with Crippen molar-refractivity contribution in [2.45, 2.75) is 313 Å². The summed E-state index contributed by atoms with van der Waals surface area (Å²) in [5, 5.41) is 0. The molecule has 3 aromatic carbocycles. The summed E-state index contributed by atoms with van der Waals surface area (Å²) in [6.07, 6.45) is 50.8. The number of rotatable bonds is 52. The maximum atomic E-state index is 6.91. The Kier molecular flexibility index (Phi) is 39.0. The van der Waals surface area contributed by atoms with Crippen LogP contribution in [0.25, 0.3) is 54.4 Å². The summed E-state index contributed by atoms with van der Waals surface area (Å²) in [7, 11) is 0. The maximum Gasteiger partial charge on any atom is 0.180 e. The van der Waals surface area contributed by atoms with Gasteiger partial charge in [0, 0.05) is 32.0 Å². The van der Waals surface area contributed by atoms with E-state index in [1.165, 1.54) is 205 Å². The molecule has 0 spiro atoms. The fraction of sp³-hybridized carbons (Fsp3) is 0.667. The highest BCUT2D eigenvalue weighted by Gasteiger charge is 2.30. The number of fused-ring (bicyclic) bond motifs is 3. The molecule has 2 aliphatic rings. The van der Waals surface area contributed by atoms with Crippen molar-refractivity contribution in [2.75, 3.05) is 52.9 Å². The summed E-state index contributed by atoms with van der Waals surface area (Å²) in [5.74, 6) is 6.17. The van der Waals surface area contributed by atoms with Gasteiger partial charge in [0.1, 0.15) is 26.4 Å². The highest BCUT2D eigenvalue weighted by molar-refractivity contribution is 7.16. The number of nitrogens with zero attached hydrogens (tertiary/aromatic N) is 2. The molecule has 0 aliphatic carbocycles. The normalized spacial score (nSPS) is 12.4. The molecule has 536 valence electrons. The van der Waals surface area contributed by atoms with Crippen molar-refractivity contribution in [3.8, 4) is 89.4 Å². The Morgan fingerprint density at radius 2 is 0.562 bits per heavy atom. The zero-order valence-electron chi connectivity index (χ0n) is 59.5. The first kappa shape index (κ1) is 79.8. The molecule has 6 aromatic rings. The summed E-state index contributed by atoms with van der Waals surface area (Å²) < 4.78 is 52.9. The van der Waals surface area contributed by atoms with Gasteiger partial charge in [0.15, 0.2) is 46.0 Å². The SMILES string of the molecule is C.C.CCCCCCCCCCCCOc1ccc(-c2nc3c(-c4sc(C)c5c4OCCO5)ccc(-c4sc(C)c5c4OCCO5)c3nc2-c2ccc(OCCCCCCCCCCCC)c(OCCCCCCCCCCCC)c2)cc1OCCCCCCCCCCCC. The highest BCUT2D eigenvalue weighted by Crippen LogP contribution is 2.54. The molecule has 0 saturated heterocycles. The molecular formula is C84H130N2O8S2. The van der Waals surface area contributed by atoms with Crippen LogP contribution in [0.5, 0.6) is 46.0 Å². The molecule has 2 aliphatic heterocycles. The number of unbranched alkanes of at least 4 members (excludes halogenated alkanes) is 36. The topological polar surface area (TPSA) is 99.6 Å². The molecule has 12 heteroatoms. The largest absolute Gasteiger partial charge is 0.490 e. The van der Waals surface area contributed by atoms with Gasteiger partial charge in [-0.15, -0.1) is 22.7 Å². The predicted molar refractivity (Wildman–Crippen MR) is 411 cm³/mol. The lowest BCUT2D eigenvalue weighted by atomic mass is 9.99. The van der Waals surface area contributed by atoms with E-state index in [4.69, 9.17) is 47.9 Å². The van der Waals surface area contributed by atoms with Crippen molar-refractivity contribution in [2.24, 2.45) is 0 Å². The molecule has 10 nitrogen and oxygen atoms in total. The average molecular weight is 1360 g/mol. The van der Waals surface area contributed by atoms with E-state index in [1.54, 1.807) is 22.7 Å². The lowest BCUT2D eigenvalue weighted by Gasteiger charge is -2.20. The van der Waals surface area contributed by atoms with Crippen LogP contribution in [-0.4, -0.2) is 62.8 Å². The van der Waals surface area contributed by atoms with E-state index in [2.05, 4.69) is 90.1 Å². The van der Waals surface area contributed by atoms with E-state index in [-0.39, 0.29) is 14.9 Å². The van der Waals surface area contributed by atoms with Gasteiger partial charge in [-0.2, -0.15) is 0 Å². The van der Waals surface area contributed by atoms with Crippen LogP contribution in [0.15, 0.2) is 48.5 Å². The minimum absolute atomic E-state index is 0. The first-order chi connectivity index (χ1) is 46.4. The van der Waals surface area contributed by atoms with Crippen molar-refractivity contribution < 1.29 is 37.9 Å². The second kappa shape index (κ2) is 47.0. The number of ether oxygens (including phenoxy) is 8. The summed E-state index contributed by atoms with van der Waals surface area (Å²) >= 11 is 3.37. The van der Waals surface area contributed by atoms with Gasteiger partial charge in [-0.1, -0.05) is 286 Å².